The summed E-state index contributed by atoms with van der Waals surface area (Å²) in [4.78, 5) is 5.25. The molecule has 8 heteroatoms. The number of rotatable bonds is 4. The largest absolute Gasteiger partial charge is 0.416 e. The topological polar surface area (TPSA) is 45.6 Å². The van der Waals surface area contributed by atoms with Crippen LogP contribution in [0, 0.1) is 6.92 Å². The molecule has 138 valence electrons. The average molecular weight is 381 g/mol. The molecule has 0 saturated heterocycles. The molecule has 0 radical (unpaired) electrons. The van der Waals surface area contributed by atoms with Crippen molar-refractivity contribution in [3.63, 3.8) is 0 Å². The minimum atomic E-state index is -4.38. The highest BCUT2D eigenvalue weighted by Crippen LogP contribution is 2.41. The van der Waals surface area contributed by atoms with Crippen LogP contribution >= 0.6 is 11.9 Å². The lowest BCUT2D eigenvalue weighted by molar-refractivity contribution is -0.137. The molecule has 2 N–H and O–H groups in total. The molecule has 0 aliphatic carbocycles. The van der Waals surface area contributed by atoms with E-state index in [1.165, 1.54) is 24.1 Å². The number of aliphatic imine (C=N–C) groups is 1. The summed E-state index contributed by atoms with van der Waals surface area (Å²) in [5.41, 5.74) is 2.11. The second-order valence-corrected chi connectivity index (χ2v) is 6.61. The molecule has 0 bridgehead atoms. The first kappa shape index (κ1) is 18.6. The minimum Gasteiger partial charge on any atom is -0.383 e. The molecule has 26 heavy (non-hydrogen) atoms. The quantitative estimate of drug-likeness (QED) is 0.595. The van der Waals surface area contributed by atoms with Gasteiger partial charge in [0.1, 0.15) is 0 Å². The van der Waals surface area contributed by atoms with Crippen molar-refractivity contribution >= 4 is 23.6 Å². The fourth-order valence-electron chi connectivity index (χ4n) is 2.63. The van der Waals surface area contributed by atoms with Crippen molar-refractivity contribution in [3.05, 3.63) is 47.5 Å². The van der Waals surface area contributed by atoms with Gasteiger partial charge < -0.3 is 10.1 Å². The number of ether oxygens (including phenoxy) is 1. The predicted molar refractivity (Wildman–Crippen MR) is 98.4 cm³/mol. The SMILES string of the molecule is COCCN=C1NSc2cccc(-c3cc(C(F)(F)F)ccc3C)c2N1. The first-order valence-corrected chi connectivity index (χ1v) is 8.76. The van der Waals surface area contributed by atoms with Crippen molar-refractivity contribution < 1.29 is 17.9 Å². The van der Waals surface area contributed by atoms with Crippen molar-refractivity contribution in [2.75, 3.05) is 25.6 Å². The van der Waals surface area contributed by atoms with Gasteiger partial charge in [-0.3, -0.25) is 4.72 Å². The van der Waals surface area contributed by atoms with Crippen LogP contribution in [-0.4, -0.2) is 26.2 Å². The van der Waals surface area contributed by atoms with Crippen molar-refractivity contribution in [1.29, 1.82) is 0 Å². The van der Waals surface area contributed by atoms with Gasteiger partial charge in [-0.25, -0.2) is 4.99 Å². The molecule has 0 aromatic heterocycles. The minimum absolute atomic E-state index is 0.479. The van der Waals surface area contributed by atoms with Crippen molar-refractivity contribution in [3.8, 4) is 11.1 Å². The lowest BCUT2D eigenvalue weighted by atomic mass is 9.96. The van der Waals surface area contributed by atoms with Crippen LogP contribution in [0.5, 0.6) is 0 Å². The summed E-state index contributed by atoms with van der Waals surface area (Å²) in [5, 5.41) is 3.19. The number of nitrogens with one attached hydrogen (secondary N) is 2. The van der Waals surface area contributed by atoms with E-state index in [1.807, 2.05) is 18.2 Å². The van der Waals surface area contributed by atoms with Crippen LogP contribution in [0.15, 0.2) is 46.3 Å². The number of anilines is 1. The molecule has 0 unspecified atom stereocenters. The normalized spacial score (nSPS) is 15.3. The van der Waals surface area contributed by atoms with Crippen molar-refractivity contribution in [2.24, 2.45) is 4.99 Å². The van der Waals surface area contributed by atoms with Crippen LogP contribution in [0.3, 0.4) is 0 Å². The van der Waals surface area contributed by atoms with Gasteiger partial charge in [0.25, 0.3) is 0 Å². The van der Waals surface area contributed by atoms with E-state index in [2.05, 4.69) is 15.0 Å². The van der Waals surface area contributed by atoms with E-state index in [4.69, 9.17) is 4.74 Å². The number of aryl methyl sites for hydroxylation is 1. The number of guanidine groups is 1. The summed E-state index contributed by atoms with van der Waals surface area (Å²) in [6.07, 6.45) is -4.38. The Morgan fingerprint density at radius 3 is 2.69 bits per heavy atom. The van der Waals surface area contributed by atoms with Crippen LogP contribution < -0.4 is 10.0 Å². The molecule has 0 spiro atoms. The van der Waals surface area contributed by atoms with Crippen LogP contribution in [0.25, 0.3) is 11.1 Å². The average Bonchev–Trinajstić information content (AvgIpc) is 2.61. The number of methoxy groups -OCH3 is 1. The van der Waals surface area contributed by atoms with Gasteiger partial charge in [0, 0.05) is 12.7 Å². The number of halogens is 3. The van der Waals surface area contributed by atoms with Gasteiger partial charge in [-0.05, 0) is 48.2 Å². The molecule has 0 fully saturated rings. The molecule has 0 amide bonds. The van der Waals surface area contributed by atoms with E-state index in [0.29, 0.717) is 30.2 Å². The Labute approximate surface area is 154 Å². The Kier molecular flexibility index (Phi) is 5.43. The molecular formula is C18H18F3N3OS. The van der Waals surface area contributed by atoms with Gasteiger partial charge in [-0.2, -0.15) is 13.2 Å². The Bertz CT molecular complexity index is 837. The van der Waals surface area contributed by atoms with Crippen LogP contribution in [0.2, 0.25) is 0 Å². The molecular weight excluding hydrogens is 363 g/mol. The molecule has 1 aliphatic heterocycles. The second kappa shape index (κ2) is 7.59. The lowest BCUT2D eigenvalue weighted by Gasteiger charge is -2.24. The number of nitrogens with zero attached hydrogens (tertiary/aromatic N) is 1. The van der Waals surface area contributed by atoms with Gasteiger partial charge in [0.05, 0.1) is 29.3 Å². The number of fused-ring (bicyclic) bond motifs is 1. The van der Waals surface area contributed by atoms with E-state index in [-0.39, 0.29) is 0 Å². The highest BCUT2D eigenvalue weighted by molar-refractivity contribution is 7.98. The van der Waals surface area contributed by atoms with Gasteiger partial charge in [0.15, 0.2) is 0 Å². The summed E-state index contributed by atoms with van der Waals surface area (Å²) in [6, 6.07) is 9.35. The van der Waals surface area contributed by atoms with Crippen molar-refractivity contribution in [2.45, 2.75) is 18.0 Å². The fraction of sp³-hybridized carbons (Fsp3) is 0.278. The number of hydrogen-bond acceptors (Lipinski definition) is 3. The summed E-state index contributed by atoms with van der Waals surface area (Å²) < 4.78 is 47.4. The molecule has 0 saturated carbocycles. The van der Waals surface area contributed by atoms with E-state index < -0.39 is 11.7 Å². The maximum atomic E-state index is 13.1. The van der Waals surface area contributed by atoms with Crippen LogP contribution in [0.1, 0.15) is 11.1 Å². The first-order valence-electron chi connectivity index (χ1n) is 7.94. The number of alkyl halides is 3. The summed E-state index contributed by atoms with van der Waals surface area (Å²) in [7, 11) is 1.60. The van der Waals surface area contributed by atoms with E-state index in [0.717, 1.165) is 22.2 Å². The van der Waals surface area contributed by atoms with Gasteiger partial charge in [0.2, 0.25) is 5.96 Å². The zero-order valence-electron chi connectivity index (χ0n) is 14.3. The molecule has 3 rings (SSSR count). The maximum Gasteiger partial charge on any atom is 0.416 e. The zero-order chi connectivity index (χ0) is 18.7. The van der Waals surface area contributed by atoms with E-state index in [1.54, 1.807) is 14.0 Å². The van der Waals surface area contributed by atoms with Crippen LogP contribution in [0.4, 0.5) is 18.9 Å². The molecule has 4 nitrogen and oxygen atoms in total. The second-order valence-electron chi connectivity index (χ2n) is 5.76. The number of para-hydroxylation sites is 1. The highest BCUT2D eigenvalue weighted by atomic mass is 32.2. The fourth-order valence-corrected chi connectivity index (χ4v) is 3.36. The molecule has 2 aromatic carbocycles. The molecule has 1 aliphatic rings. The van der Waals surface area contributed by atoms with Gasteiger partial charge >= 0.3 is 6.18 Å². The Morgan fingerprint density at radius 1 is 1.15 bits per heavy atom. The Hall–Kier alpha value is -2.19. The summed E-state index contributed by atoms with van der Waals surface area (Å²) in [6.45, 7) is 2.77. The van der Waals surface area contributed by atoms with Crippen molar-refractivity contribution in [1.82, 2.24) is 4.72 Å². The van der Waals surface area contributed by atoms with Gasteiger partial charge in [-0.1, -0.05) is 18.2 Å². The smallest absolute Gasteiger partial charge is 0.383 e. The summed E-state index contributed by atoms with van der Waals surface area (Å²) in [5.74, 6) is 0.552. The maximum absolute atomic E-state index is 13.1. The lowest BCUT2D eigenvalue weighted by Crippen LogP contribution is -2.30. The third kappa shape index (κ3) is 3.96. The number of hydrogen-bond donors (Lipinski definition) is 2. The molecule has 0 atom stereocenters. The summed E-state index contributed by atoms with van der Waals surface area (Å²) >= 11 is 1.37. The number of benzene rings is 2. The zero-order valence-corrected chi connectivity index (χ0v) is 15.1. The standard InChI is InChI=1S/C18H18F3N3OS/c1-11-6-7-12(18(19,20)21)10-14(11)13-4-3-5-15-16(13)23-17(24-26-15)22-8-9-25-2/h3-7,10H,8-9H2,1-2H3,(H2,22,23,24). The molecule has 1 heterocycles. The Balaban J connectivity index is 2.02. The van der Waals surface area contributed by atoms with E-state index >= 15 is 0 Å². The monoisotopic (exact) mass is 381 g/mol. The first-order chi connectivity index (χ1) is 12.4. The molecule has 2 aromatic rings. The van der Waals surface area contributed by atoms with E-state index in [9.17, 15) is 13.2 Å². The van der Waals surface area contributed by atoms with Crippen LogP contribution in [-0.2, 0) is 10.9 Å². The Morgan fingerprint density at radius 2 is 1.96 bits per heavy atom. The van der Waals surface area contributed by atoms with Gasteiger partial charge in [-0.15, -0.1) is 0 Å². The third-order valence-corrected chi connectivity index (χ3v) is 4.80. The third-order valence-electron chi connectivity index (χ3n) is 3.95. The highest BCUT2D eigenvalue weighted by Gasteiger charge is 2.31. The predicted octanol–water partition coefficient (Wildman–Crippen LogP) is 4.71.